The fraction of sp³-hybridized carbons (Fsp3) is 0.455. The third-order valence-electron chi connectivity index (χ3n) is 5.17. The van der Waals surface area contributed by atoms with E-state index in [2.05, 4.69) is 17.3 Å². The lowest BCUT2D eigenvalue weighted by Gasteiger charge is -2.26. The minimum absolute atomic E-state index is 0. The van der Waals surface area contributed by atoms with Crippen LogP contribution in [0.4, 0.5) is 0 Å². The number of rotatable bonds is 7. The predicted molar refractivity (Wildman–Crippen MR) is 116 cm³/mol. The van der Waals surface area contributed by atoms with E-state index in [-0.39, 0.29) is 24.5 Å². The molecule has 7 heteroatoms. The molecule has 1 aliphatic rings. The first-order valence-electron chi connectivity index (χ1n) is 9.87. The van der Waals surface area contributed by atoms with Gasteiger partial charge in [-0.3, -0.25) is 4.79 Å². The second kappa shape index (κ2) is 10.9. The number of carbonyl (C=O) groups is 1. The van der Waals surface area contributed by atoms with Crippen molar-refractivity contribution in [1.29, 1.82) is 0 Å². The Hall–Kier alpha value is -2.47. The molecule has 0 bridgehead atoms. The van der Waals surface area contributed by atoms with Crippen molar-refractivity contribution in [3.8, 4) is 11.5 Å². The zero-order chi connectivity index (χ0) is 19.9. The summed E-state index contributed by atoms with van der Waals surface area (Å²) >= 11 is 0. The highest BCUT2D eigenvalue weighted by molar-refractivity contribution is 5.92. The number of methoxy groups -OCH3 is 1. The van der Waals surface area contributed by atoms with E-state index in [4.69, 9.17) is 9.47 Å². The minimum atomic E-state index is -0.255. The maximum atomic E-state index is 12.2. The van der Waals surface area contributed by atoms with E-state index in [0.29, 0.717) is 17.5 Å². The second-order valence-corrected chi connectivity index (χ2v) is 7.41. The summed E-state index contributed by atoms with van der Waals surface area (Å²) in [5.41, 5.74) is 0.878. The van der Waals surface area contributed by atoms with E-state index in [1.807, 2.05) is 37.4 Å². The predicted octanol–water partition coefficient (Wildman–Crippen LogP) is 4.62. The smallest absolute Gasteiger partial charge is 0.244 e. The lowest BCUT2D eigenvalue weighted by molar-refractivity contribution is -0.117. The van der Waals surface area contributed by atoms with Gasteiger partial charge in [0.15, 0.2) is 17.7 Å². The van der Waals surface area contributed by atoms with Gasteiger partial charge in [-0.25, -0.2) is 4.68 Å². The molecule has 6 nitrogen and oxygen atoms in total. The molecule has 0 saturated heterocycles. The van der Waals surface area contributed by atoms with E-state index in [1.165, 1.54) is 12.8 Å². The number of nitrogens with zero attached hydrogens (tertiary/aromatic N) is 2. The third kappa shape index (κ3) is 6.53. The average molecular weight is 420 g/mol. The highest BCUT2D eigenvalue weighted by Crippen LogP contribution is 2.31. The van der Waals surface area contributed by atoms with Gasteiger partial charge in [0.05, 0.1) is 7.11 Å². The summed E-state index contributed by atoms with van der Waals surface area (Å²) in [5, 5.41) is 7.28. The first-order valence-corrected chi connectivity index (χ1v) is 9.87. The molecule has 0 radical (unpaired) electrons. The van der Waals surface area contributed by atoms with Crippen molar-refractivity contribution in [3.63, 3.8) is 0 Å². The molecule has 1 amide bonds. The molecule has 1 N–H and O–H groups in total. The molecule has 1 saturated carbocycles. The Morgan fingerprint density at radius 3 is 2.69 bits per heavy atom. The lowest BCUT2D eigenvalue weighted by Crippen LogP contribution is -2.36. The topological polar surface area (TPSA) is 65.4 Å². The van der Waals surface area contributed by atoms with Gasteiger partial charge in [0.25, 0.3) is 0 Å². The molecule has 1 heterocycles. The van der Waals surface area contributed by atoms with Gasteiger partial charge in [-0.05, 0) is 68.4 Å². The van der Waals surface area contributed by atoms with Crippen molar-refractivity contribution < 1.29 is 14.3 Å². The molecule has 2 aromatic rings. The molecule has 0 aliphatic heterocycles. The van der Waals surface area contributed by atoms with Crippen molar-refractivity contribution in [2.24, 2.45) is 5.92 Å². The number of nitrogens with one attached hydrogen (secondary N) is 1. The largest absolute Gasteiger partial charge is 0.493 e. The zero-order valence-corrected chi connectivity index (χ0v) is 18.0. The first kappa shape index (κ1) is 22.8. The maximum Gasteiger partial charge on any atom is 0.244 e. The molecule has 1 fully saturated rings. The number of hydrogen-bond donors (Lipinski definition) is 1. The van der Waals surface area contributed by atoms with Crippen LogP contribution in [0.1, 0.15) is 51.3 Å². The summed E-state index contributed by atoms with van der Waals surface area (Å²) in [7, 11) is 1.60. The van der Waals surface area contributed by atoms with Gasteiger partial charge in [0.1, 0.15) is 0 Å². The van der Waals surface area contributed by atoms with Crippen molar-refractivity contribution in [3.05, 3.63) is 48.3 Å². The summed E-state index contributed by atoms with van der Waals surface area (Å²) in [6.07, 6.45) is 11.2. The molecule has 1 atom stereocenters. The molecule has 158 valence electrons. The number of aromatic nitrogens is 2. The van der Waals surface area contributed by atoms with E-state index >= 15 is 0 Å². The van der Waals surface area contributed by atoms with Crippen molar-refractivity contribution >= 4 is 24.4 Å². The van der Waals surface area contributed by atoms with Crippen molar-refractivity contribution in [1.82, 2.24) is 15.1 Å². The zero-order valence-electron chi connectivity index (χ0n) is 17.2. The Morgan fingerprint density at radius 2 is 2.03 bits per heavy atom. The molecule has 1 aliphatic carbocycles. The molecule has 1 aromatic carbocycles. The quantitative estimate of drug-likeness (QED) is 0.665. The summed E-state index contributed by atoms with van der Waals surface area (Å²) in [6.45, 7) is 4.19. The van der Waals surface area contributed by atoms with Crippen LogP contribution in [0.3, 0.4) is 0 Å². The first-order chi connectivity index (χ1) is 13.5. The molecule has 1 unspecified atom stereocenters. The Bertz CT molecular complexity index is 800. The van der Waals surface area contributed by atoms with Crippen LogP contribution in [0.5, 0.6) is 11.5 Å². The molecule has 0 spiro atoms. The summed E-state index contributed by atoms with van der Waals surface area (Å²) in [5.74, 6) is 1.96. The van der Waals surface area contributed by atoms with Gasteiger partial charge in [0, 0.05) is 24.5 Å². The third-order valence-corrected chi connectivity index (χ3v) is 5.17. The van der Waals surface area contributed by atoms with Crippen LogP contribution in [-0.4, -0.2) is 28.8 Å². The molecular weight excluding hydrogens is 390 g/mol. The molecule has 3 rings (SSSR count). The van der Waals surface area contributed by atoms with Crippen LogP contribution in [0.25, 0.3) is 6.08 Å². The van der Waals surface area contributed by atoms with Crippen molar-refractivity contribution in [2.75, 3.05) is 7.11 Å². The molecule has 29 heavy (non-hydrogen) atoms. The fourth-order valence-electron chi connectivity index (χ4n) is 3.44. The highest BCUT2D eigenvalue weighted by Gasteiger charge is 2.18. The van der Waals surface area contributed by atoms with E-state index in [1.54, 1.807) is 30.1 Å². The summed E-state index contributed by atoms with van der Waals surface area (Å²) in [4.78, 5) is 12.2. The maximum absolute atomic E-state index is 12.2. The Kier molecular flexibility index (Phi) is 8.58. The van der Waals surface area contributed by atoms with Gasteiger partial charge >= 0.3 is 0 Å². The van der Waals surface area contributed by atoms with E-state index in [9.17, 15) is 4.79 Å². The van der Waals surface area contributed by atoms with Gasteiger partial charge in [-0.2, -0.15) is 5.10 Å². The van der Waals surface area contributed by atoms with Crippen molar-refractivity contribution in [2.45, 2.75) is 51.8 Å². The standard InChI is InChI=1S/C22H29N3O3.ClH/c1-16-5-9-19(10-6-16)24-22(26)12-8-18-7-11-20(21(15-18)27-3)28-17(2)25-14-4-13-23-25;/h4,7-8,11-17,19H,5-6,9-10H2,1-3H3,(H,24,26);1H. The van der Waals surface area contributed by atoms with Crippen LogP contribution < -0.4 is 14.8 Å². The normalized spacial score (nSPS) is 20.0. The van der Waals surface area contributed by atoms with Gasteiger partial charge < -0.3 is 14.8 Å². The number of ether oxygens (including phenoxy) is 2. The van der Waals surface area contributed by atoms with Crippen LogP contribution in [-0.2, 0) is 4.79 Å². The number of benzene rings is 1. The van der Waals surface area contributed by atoms with Crippen LogP contribution in [0.2, 0.25) is 0 Å². The number of amides is 1. The van der Waals surface area contributed by atoms with E-state index in [0.717, 1.165) is 24.3 Å². The van der Waals surface area contributed by atoms with Gasteiger partial charge in [-0.1, -0.05) is 13.0 Å². The summed E-state index contributed by atoms with van der Waals surface area (Å²) < 4.78 is 13.1. The number of hydrogen-bond acceptors (Lipinski definition) is 4. The van der Waals surface area contributed by atoms with Crippen LogP contribution in [0, 0.1) is 5.92 Å². The lowest BCUT2D eigenvalue weighted by atomic mass is 9.87. The average Bonchev–Trinajstić information content (AvgIpc) is 3.24. The highest BCUT2D eigenvalue weighted by atomic mass is 35.5. The Labute approximate surface area is 178 Å². The van der Waals surface area contributed by atoms with Crippen LogP contribution >= 0.6 is 12.4 Å². The van der Waals surface area contributed by atoms with Gasteiger partial charge in [-0.15, -0.1) is 12.4 Å². The number of carbonyl (C=O) groups excluding carboxylic acids is 1. The second-order valence-electron chi connectivity index (χ2n) is 7.41. The van der Waals surface area contributed by atoms with E-state index < -0.39 is 0 Å². The fourth-order valence-corrected chi connectivity index (χ4v) is 3.44. The number of halogens is 1. The molecular formula is C22H30ClN3O3. The van der Waals surface area contributed by atoms with Gasteiger partial charge in [0.2, 0.25) is 5.91 Å². The SMILES string of the molecule is COc1cc(C=CC(=O)NC2CCC(C)CC2)ccc1OC(C)n1cccn1.Cl. The minimum Gasteiger partial charge on any atom is -0.493 e. The summed E-state index contributed by atoms with van der Waals surface area (Å²) in [6, 6.07) is 7.75. The molecule has 1 aromatic heterocycles. The van der Waals surface area contributed by atoms with Crippen LogP contribution in [0.15, 0.2) is 42.7 Å². The Balaban J connectivity index is 0.00000300. The monoisotopic (exact) mass is 419 g/mol. The Morgan fingerprint density at radius 1 is 1.28 bits per heavy atom.